The molecule has 0 saturated heterocycles. The Kier molecular flexibility index (Phi) is 5.28. The van der Waals surface area contributed by atoms with Crippen molar-refractivity contribution in [3.05, 3.63) is 70.8 Å². The molecular formula is C21H21BrN2S. The second-order valence-corrected chi connectivity index (χ2v) is 8.71. The van der Waals surface area contributed by atoms with E-state index in [0.717, 1.165) is 21.4 Å². The van der Waals surface area contributed by atoms with E-state index in [4.69, 9.17) is 4.98 Å². The summed E-state index contributed by atoms with van der Waals surface area (Å²) < 4.78 is 3.48. The molecule has 4 rings (SSSR count). The molecular weight excluding hydrogens is 392 g/mol. The van der Waals surface area contributed by atoms with E-state index >= 15 is 0 Å². The number of imidazole rings is 1. The minimum Gasteiger partial charge on any atom is -0.314 e. The van der Waals surface area contributed by atoms with Crippen LogP contribution in [0.2, 0.25) is 0 Å². The Balaban J connectivity index is 1.69. The van der Waals surface area contributed by atoms with Gasteiger partial charge in [-0.05, 0) is 36.1 Å². The number of hydrogen-bond acceptors (Lipinski definition) is 2. The Morgan fingerprint density at radius 3 is 2.44 bits per heavy atom. The molecule has 0 aliphatic heterocycles. The summed E-state index contributed by atoms with van der Waals surface area (Å²) in [6, 6.07) is 19.2. The first kappa shape index (κ1) is 16.9. The second-order valence-electron chi connectivity index (χ2n) is 6.53. The van der Waals surface area contributed by atoms with Crippen LogP contribution < -0.4 is 0 Å². The maximum atomic E-state index is 4.79. The van der Waals surface area contributed by atoms with Crippen LogP contribution in [0.5, 0.6) is 0 Å². The number of hydrogen-bond donors (Lipinski definition) is 0. The van der Waals surface area contributed by atoms with Gasteiger partial charge in [-0.1, -0.05) is 83.0 Å². The van der Waals surface area contributed by atoms with E-state index in [1.54, 1.807) is 0 Å². The quantitative estimate of drug-likeness (QED) is 0.482. The van der Waals surface area contributed by atoms with Gasteiger partial charge < -0.3 is 4.57 Å². The van der Waals surface area contributed by atoms with Gasteiger partial charge in [0.15, 0.2) is 5.16 Å². The molecule has 1 aliphatic carbocycles. The summed E-state index contributed by atoms with van der Waals surface area (Å²) in [5.41, 5.74) is 3.72. The van der Waals surface area contributed by atoms with Crippen LogP contribution in [0, 0.1) is 0 Å². The Morgan fingerprint density at radius 1 is 1.00 bits per heavy atom. The van der Waals surface area contributed by atoms with Crippen molar-refractivity contribution in [3.63, 3.8) is 0 Å². The molecule has 0 radical (unpaired) electrons. The lowest BCUT2D eigenvalue weighted by Gasteiger charge is -2.14. The molecule has 4 heteroatoms. The van der Waals surface area contributed by atoms with E-state index in [0.29, 0.717) is 0 Å². The fourth-order valence-corrected chi connectivity index (χ4v) is 4.91. The average Bonchev–Trinajstić information content (AvgIpc) is 3.28. The summed E-state index contributed by atoms with van der Waals surface area (Å²) >= 11 is 5.49. The summed E-state index contributed by atoms with van der Waals surface area (Å²) in [5, 5.41) is 1.86. The van der Waals surface area contributed by atoms with Crippen LogP contribution in [0.15, 0.2) is 70.4 Å². The fourth-order valence-electron chi connectivity index (χ4n) is 3.38. The molecule has 1 fully saturated rings. The molecule has 0 spiro atoms. The van der Waals surface area contributed by atoms with Crippen molar-refractivity contribution in [3.8, 4) is 11.3 Å². The predicted octanol–water partition coefficient (Wildman–Crippen LogP) is 6.40. The lowest BCUT2D eigenvalue weighted by molar-refractivity contribution is 0.711. The molecule has 0 N–H and O–H groups in total. The molecule has 25 heavy (non-hydrogen) atoms. The summed E-state index contributed by atoms with van der Waals surface area (Å²) in [7, 11) is 0. The zero-order chi connectivity index (χ0) is 17.1. The molecule has 1 aliphatic rings. The molecule has 0 atom stereocenters. The smallest absolute Gasteiger partial charge is 0.169 e. The second kappa shape index (κ2) is 7.79. The Hall–Kier alpha value is -1.52. The Bertz CT molecular complexity index is 821. The van der Waals surface area contributed by atoms with Gasteiger partial charge in [-0.3, -0.25) is 0 Å². The van der Waals surface area contributed by atoms with Crippen molar-refractivity contribution in [2.24, 2.45) is 0 Å². The first-order chi connectivity index (χ1) is 12.3. The van der Waals surface area contributed by atoms with E-state index in [2.05, 4.69) is 75.1 Å². The van der Waals surface area contributed by atoms with E-state index < -0.39 is 0 Å². The van der Waals surface area contributed by atoms with Gasteiger partial charge >= 0.3 is 0 Å². The SMILES string of the molecule is Brc1ccc(-c2cnc(SC3CCCC3)n2Cc2ccccc2)cc1. The Labute approximate surface area is 161 Å². The molecule has 0 bridgehead atoms. The van der Waals surface area contributed by atoms with Crippen molar-refractivity contribution in [2.45, 2.75) is 42.6 Å². The van der Waals surface area contributed by atoms with E-state index in [-0.39, 0.29) is 0 Å². The summed E-state index contributed by atoms with van der Waals surface area (Å²) in [6.45, 7) is 0.862. The monoisotopic (exact) mass is 412 g/mol. The predicted molar refractivity (Wildman–Crippen MR) is 109 cm³/mol. The maximum absolute atomic E-state index is 4.79. The van der Waals surface area contributed by atoms with Crippen molar-refractivity contribution in [1.29, 1.82) is 0 Å². The van der Waals surface area contributed by atoms with Crippen LogP contribution in [0.1, 0.15) is 31.2 Å². The normalized spacial score (nSPS) is 14.9. The third kappa shape index (κ3) is 4.01. The number of benzene rings is 2. The van der Waals surface area contributed by atoms with Crippen molar-refractivity contribution < 1.29 is 0 Å². The van der Waals surface area contributed by atoms with Crippen LogP contribution in [0.25, 0.3) is 11.3 Å². The number of nitrogens with zero attached hydrogens (tertiary/aromatic N) is 2. The highest BCUT2D eigenvalue weighted by Gasteiger charge is 2.20. The van der Waals surface area contributed by atoms with Crippen LogP contribution in [0.4, 0.5) is 0 Å². The fraction of sp³-hybridized carbons (Fsp3) is 0.286. The molecule has 128 valence electrons. The lowest BCUT2D eigenvalue weighted by Crippen LogP contribution is -2.06. The van der Waals surface area contributed by atoms with Crippen molar-refractivity contribution in [1.82, 2.24) is 9.55 Å². The van der Waals surface area contributed by atoms with Crippen LogP contribution in [-0.2, 0) is 6.54 Å². The van der Waals surface area contributed by atoms with Crippen LogP contribution >= 0.6 is 27.7 Å². The van der Waals surface area contributed by atoms with Crippen molar-refractivity contribution in [2.75, 3.05) is 0 Å². The van der Waals surface area contributed by atoms with Gasteiger partial charge in [-0.25, -0.2) is 4.98 Å². The van der Waals surface area contributed by atoms with Gasteiger partial charge in [0.05, 0.1) is 18.4 Å². The summed E-state index contributed by atoms with van der Waals surface area (Å²) in [5.74, 6) is 0. The first-order valence-electron chi connectivity index (χ1n) is 8.81. The third-order valence-electron chi connectivity index (χ3n) is 4.72. The molecule has 0 unspecified atom stereocenters. The highest BCUT2D eigenvalue weighted by molar-refractivity contribution is 9.10. The summed E-state index contributed by atoms with van der Waals surface area (Å²) in [6.07, 6.45) is 7.38. The standard InChI is InChI=1S/C21H21BrN2S/c22-18-12-10-17(11-13-18)20-14-23-21(25-19-8-4-5-9-19)24(20)15-16-6-2-1-3-7-16/h1-3,6-7,10-14,19H,4-5,8-9,15H2. The Morgan fingerprint density at radius 2 is 1.72 bits per heavy atom. The minimum absolute atomic E-state index is 0.717. The van der Waals surface area contributed by atoms with E-state index in [1.165, 1.54) is 42.5 Å². The largest absolute Gasteiger partial charge is 0.314 e. The van der Waals surface area contributed by atoms with E-state index in [9.17, 15) is 0 Å². The van der Waals surface area contributed by atoms with Gasteiger partial charge in [0.2, 0.25) is 0 Å². The van der Waals surface area contributed by atoms with Gasteiger partial charge in [0, 0.05) is 9.72 Å². The molecule has 3 aromatic rings. The molecule has 0 amide bonds. The van der Waals surface area contributed by atoms with Crippen molar-refractivity contribution >= 4 is 27.7 Å². The van der Waals surface area contributed by atoms with E-state index in [1.807, 2.05) is 18.0 Å². The molecule has 2 nitrogen and oxygen atoms in total. The number of halogens is 1. The topological polar surface area (TPSA) is 17.8 Å². The molecule has 2 aromatic carbocycles. The first-order valence-corrected chi connectivity index (χ1v) is 10.5. The minimum atomic E-state index is 0.717. The third-order valence-corrected chi connectivity index (χ3v) is 6.59. The van der Waals surface area contributed by atoms with Gasteiger partial charge in [-0.15, -0.1) is 0 Å². The number of thioether (sulfide) groups is 1. The molecule has 1 saturated carbocycles. The summed E-state index contributed by atoms with van der Waals surface area (Å²) in [4.78, 5) is 4.79. The highest BCUT2D eigenvalue weighted by Crippen LogP contribution is 2.36. The van der Waals surface area contributed by atoms with Gasteiger partial charge in [0.1, 0.15) is 0 Å². The van der Waals surface area contributed by atoms with Crippen LogP contribution in [-0.4, -0.2) is 14.8 Å². The maximum Gasteiger partial charge on any atom is 0.169 e. The van der Waals surface area contributed by atoms with Crippen LogP contribution in [0.3, 0.4) is 0 Å². The number of rotatable bonds is 5. The highest BCUT2D eigenvalue weighted by atomic mass is 79.9. The lowest BCUT2D eigenvalue weighted by atomic mass is 10.1. The van der Waals surface area contributed by atoms with Gasteiger partial charge in [0.25, 0.3) is 0 Å². The molecule has 1 heterocycles. The zero-order valence-corrected chi connectivity index (χ0v) is 16.5. The molecule has 1 aromatic heterocycles. The zero-order valence-electron chi connectivity index (χ0n) is 14.1. The van der Waals surface area contributed by atoms with Gasteiger partial charge in [-0.2, -0.15) is 0 Å². The average molecular weight is 413 g/mol. The number of aromatic nitrogens is 2.